The second-order valence-electron chi connectivity index (χ2n) is 6.57. The number of hydrazone groups is 1. The fraction of sp³-hybridized carbons (Fsp3) is 0.238. The smallest absolute Gasteiger partial charge is 0.355 e. The first-order valence-electron chi connectivity index (χ1n) is 9.24. The van der Waals surface area contributed by atoms with E-state index in [0.29, 0.717) is 11.1 Å². The molecule has 9 heteroatoms. The fourth-order valence-corrected chi connectivity index (χ4v) is 3.38. The molecule has 0 saturated heterocycles. The molecule has 154 valence electrons. The van der Waals surface area contributed by atoms with Gasteiger partial charge in [-0.25, -0.2) is 9.80 Å². The Morgan fingerprint density at radius 2 is 1.83 bits per heavy atom. The van der Waals surface area contributed by atoms with Gasteiger partial charge in [-0.3, -0.25) is 19.7 Å². The first-order chi connectivity index (χ1) is 14.3. The van der Waals surface area contributed by atoms with Crippen LogP contribution in [0.1, 0.15) is 35.7 Å². The maximum Gasteiger partial charge on any atom is 0.355 e. The summed E-state index contributed by atoms with van der Waals surface area (Å²) in [5, 5.41) is 16.3. The number of nitro benzene ring substituents is 1. The van der Waals surface area contributed by atoms with E-state index >= 15 is 0 Å². The van der Waals surface area contributed by atoms with Crippen LogP contribution < -0.4 is 0 Å². The number of ether oxygens (including phenoxy) is 1. The van der Waals surface area contributed by atoms with Crippen molar-refractivity contribution in [1.29, 1.82) is 0 Å². The van der Waals surface area contributed by atoms with Crippen LogP contribution in [0.2, 0.25) is 0 Å². The number of ketones is 1. The molecule has 9 nitrogen and oxygen atoms in total. The van der Waals surface area contributed by atoms with E-state index in [4.69, 9.17) is 4.74 Å². The van der Waals surface area contributed by atoms with Gasteiger partial charge in [-0.05, 0) is 12.5 Å². The van der Waals surface area contributed by atoms with Crippen molar-refractivity contribution in [3.8, 4) is 0 Å². The summed E-state index contributed by atoms with van der Waals surface area (Å²) in [5.41, 5.74) is 0.281. The number of Topliss-reactive ketones (excluding diaryl/α,β-unsaturated/α-hetero) is 1. The Balaban J connectivity index is 2.16. The lowest BCUT2D eigenvalue weighted by atomic mass is 9.83. The van der Waals surface area contributed by atoms with Crippen molar-refractivity contribution in [1.82, 2.24) is 5.01 Å². The van der Waals surface area contributed by atoms with Crippen LogP contribution in [0, 0.1) is 10.1 Å². The van der Waals surface area contributed by atoms with Gasteiger partial charge in [-0.15, -0.1) is 0 Å². The van der Waals surface area contributed by atoms with Gasteiger partial charge in [0, 0.05) is 24.6 Å². The minimum atomic E-state index is -1.17. The molecule has 2 aromatic rings. The maximum absolute atomic E-state index is 13.3. The first-order valence-corrected chi connectivity index (χ1v) is 9.24. The van der Waals surface area contributed by atoms with Gasteiger partial charge in [0.15, 0.2) is 11.5 Å². The number of hydrogen-bond acceptors (Lipinski definition) is 7. The topological polar surface area (TPSA) is 119 Å². The van der Waals surface area contributed by atoms with Gasteiger partial charge in [0.05, 0.1) is 17.4 Å². The predicted molar refractivity (Wildman–Crippen MR) is 107 cm³/mol. The quantitative estimate of drug-likeness (QED) is 0.313. The number of esters is 1. The van der Waals surface area contributed by atoms with Crippen molar-refractivity contribution in [3.63, 3.8) is 0 Å². The van der Waals surface area contributed by atoms with Gasteiger partial charge in [-0.1, -0.05) is 42.5 Å². The van der Waals surface area contributed by atoms with Gasteiger partial charge < -0.3 is 4.74 Å². The number of amides is 1. The number of carbonyl (C=O) groups excluding carboxylic acids is 3. The Kier molecular flexibility index (Phi) is 6.01. The van der Waals surface area contributed by atoms with E-state index in [1.807, 2.05) is 0 Å². The lowest BCUT2D eigenvalue weighted by Crippen LogP contribution is -2.42. The SMILES string of the molecule is CCOC(=O)C1=NN(C(C)=O)C(C(=O)c2ccccc2)C1c1cccc([N+](=O)[O-])c1. The van der Waals surface area contributed by atoms with Crippen LogP contribution in [0.25, 0.3) is 0 Å². The number of nitrogens with zero attached hydrogens (tertiary/aromatic N) is 3. The summed E-state index contributed by atoms with van der Waals surface area (Å²) in [6.07, 6.45) is 0. The minimum absolute atomic E-state index is 0.0663. The lowest BCUT2D eigenvalue weighted by Gasteiger charge is -2.25. The van der Waals surface area contributed by atoms with Gasteiger partial charge in [-0.2, -0.15) is 5.10 Å². The van der Waals surface area contributed by atoms with Crippen molar-refractivity contribution in [2.24, 2.45) is 5.10 Å². The van der Waals surface area contributed by atoms with E-state index in [-0.39, 0.29) is 18.0 Å². The Hall–Kier alpha value is -3.88. The molecule has 0 aromatic heterocycles. The van der Waals surface area contributed by atoms with Gasteiger partial charge >= 0.3 is 5.97 Å². The maximum atomic E-state index is 13.3. The predicted octanol–water partition coefficient (Wildman–Crippen LogP) is 2.71. The first kappa shape index (κ1) is 20.8. The molecule has 0 fully saturated rings. The van der Waals surface area contributed by atoms with Crippen LogP contribution in [0.3, 0.4) is 0 Å². The Morgan fingerprint density at radius 3 is 2.43 bits per heavy atom. The van der Waals surface area contributed by atoms with Crippen molar-refractivity contribution in [2.45, 2.75) is 25.8 Å². The number of benzene rings is 2. The van der Waals surface area contributed by atoms with Gasteiger partial charge in [0.1, 0.15) is 6.04 Å². The highest BCUT2D eigenvalue weighted by molar-refractivity contribution is 6.40. The van der Waals surface area contributed by atoms with Crippen LogP contribution in [0.5, 0.6) is 0 Å². The number of nitro groups is 1. The van der Waals surface area contributed by atoms with Crippen LogP contribution in [-0.2, 0) is 14.3 Å². The third-order valence-electron chi connectivity index (χ3n) is 4.66. The molecule has 30 heavy (non-hydrogen) atoms. The summed E-state index contributed by atoms with van der Waals surface area (Å²) < 4.78 is 5.06. The largest absolute Gasteiger partial charge is 0.461 e. The summed E-state index contributed by atoms with van der Waals surface area (Å²) >= 11 is 0. The molecule has 1 aliphatic rings. The monoisotopic (exact) mass is 409 g/mol. The zero-order valence-corrected chi connectivity index (χ0v) is 16.3. The molecule has 2 aromatic carbocycles. The molecular formula is C21H19N3O6. The van der Waals surface area contributed by atoms with E-state index in [2.05, 4.69) is 5.10 Å². The third-order valence-corrected chi connectivity index (χ3v) is 4.66. The van der Waals surface area contributed by atoms with E-state index in [9.17, 15) is 24.5 Å². The molecule has 2 atom stereocenters. The standard InChI is InChI=1S/C21H19N3O6/c1-3-30-21(27)18-17(15-10-7-11-16(12-15)24(28)29)19(23(22-18)13(2)25)20(26)14-8-5-4-6-9-14/h4-12,17,19H,3H2,1-2H3. The Bertz CT molecular complexity index is 1030. The van der Waals surface area contributed by atoms with Crippen molar-refractivity contribution in [2.75, 3.05) is 6.61 Å². The average Bonchev–Trinajstić information content (AvgIpc) is 3.15. The van der Waals surface area contributed by atoms with Crippen LogP contribution in [0.4, 0.5) is 5.69 Å². The van der Waals surface area contributed by atoms with Crippen molar-refractivity contribution < 1.29 is 24.0 Å². The van der Waals surface area contributed by atoms with E-state index in [1.54, 1.807) is 43.3 Å². The summed E-state index contributed by atoms with van der Waals surface area (Å²) in [6, 6.07) is 12.7. The number of hydrogen-bond donors (Lipinski definition) is 0. The molecule has 0 N–H and O–H groups in total. The molecule has 0 saturated carbocycles. The highest BCUT2D eigenvalue weighted by Gasteiger charge is 2.48. The molecule has 1 amide bonds. The van der Waals surface area contributed by atoms with Gasteiger partial charge in [0.2, 0.25) is 5.91 Å². The third kappa shape index (κ3) is 3.95. The highest BCUT2D eigenvalue weighted by Crippen LogP contribution is 2.35. The lowest BCUT2D eigenvalue weighted by molar-refractivity contribution is -0.384. The Morgan fingerprint density at radius 1 is 1.13 bits per heavy atom. The summed E-state index contributed by atoms with van der Waals surface area (Å²) in [5.74, 6) is -2.78. The fourth-order valence-electron chi connectivity index (χ4n) is 3.38. The zero-order valence-electron chi connectivity index (χ0n) is 16.3. The minimum Gasteiger partial charge on any atom is -0.461 e. The second-order valence-corrected chi connectivity index (χ2v) is 6.57. The molecule has 0 radical (unpaired) electrons. The number of non-ortho nitro benzene ring substituents is 1. The normalized spacial score (nSPS) is 17.9. The molecule has 0 spiro atoms. The van der Waals surface area contributed by atoms with Crippen molar-refractivity contribution in [3.05, 3.63) is 75.8 Å². The van der Waals surface area contributed by atoms with E-state index in [1.165, 1.54) is 25.1 Å². The Labute approximate surface area is 172 Å². The number of carbonyl (C=O) groups is 3. The highest BCUT2D eigenvalue weighted by atomic mass is 16.6. The zero-order chi connectivity index (χ0) is 21.8. The summed E-state index contributed by atoms with van der Waals surface area (Å²) in [6.45, 7) is 2.91. The van der Waals surface area contributed by atoms with Crippen molar-refractivity contribution >= 4 is 29.1 Å². The van der Waals surface area contributed by atoms with E-state index in [0.717, 1.165) is 5.01 Å². The summed E-state index contributed by atoms with van der Waals surface area (Å²) in [7, 11) is 0. The molecule has 1 aliphatic heterocycles. The molecule has 2 unspecified atom stereocenters. The molecule has 3 rings (SSSR count). The molecule has 0 bridgehead atoms. The number of rotatable bonds is 6. The summed E-state index contributed by atoms with van der Waals surface area (Å²) in [4.78, 5) is 48.9. The van der Waals surface area contributed by atoms with E-state index < -0.39 is 34.5 Å². The molecule has 0 aliphatic carbocycles. The van der Waals surface area contributed by atoms with Gasteiger partial charge in [0.25, 0.3) is 5.69 Å². The van der Waals surface area contributed by atoms with Crippen LogP contribution >= 0.6 is 0 Å². The molecule has 1 heterocycles. The molecular weight excluding hydrogens is 390 g/mol. The second kappa shape index (κ2) is 8.64. The van der Waals surface area contributed by atoms with Crippen LogP contribution in [0.15, 0.2) is 59.7 Å². The van der Waals surface area contributed by atoms with Crippen LogP contribution in [-0.4, -0.2) is 46.0 Å². The average molecular weight is 409 g/mol.